The molecule has 0 aromatic carbocycles. The Morgan fingerprint density at radius 3 is 2.88 bits per heavy atom. The van der Waals surface area contributed by atoms with Gasteiger partial charge in [0.25, 0.3) is 5.88 Å². The molecule has 0 saturated carbocycles. The maximum absolute atomic E-state index is 10.8. The van der Waals surface area contributed by atoms with E-state index in [0.29, 0.717) is 13.2 Å². The molecule has 94 valence electrons. The highest BCUT2D eigenvalue weighted by molar-refractivity contribution is 6.31. The summed E-state index contributed by atoms with van der Waals surface area (Å²) in [6.45, 7) is 4.42. The molecule has 1 aromatic rings. The van der Waals surface area contributed by atoms with Gasteiger partial charge in [-0.2, -0.15) is 4.98 Å². The van der Waals surface area contributed by atoms with Gasteiger partial charge in [0.1, 0.15) is 12.4 Å². The van der Waals surface area contributed by atoms with Gasteiger partial charge in [-0.1, -0.05) is 11.6 Å². The van der Waals surface area contributed by atoms with Crippen LogP contribution in [0.15, 0.2) is 6.33 Å². The van der Waals surface area contributed by atoms with Crippen molar-refractivity contribution in [1.29, 1.82) is 0 Å². The van der Waals surface area contributed by atoms with Gasteiger partial charge in [0.15, 0.2) is 0 Å². The summed E-state index contributed by atoms with van der Waals surface area (Å²) in [6, 6.07) is 0. The molecule has 0 aliphatic rings. The van der Waals surface area contributed by atoms with Crippen molar-refractivity contribution in [1.82, 2.24) is 9.97 Å². The highest BCUT2D eigenvalue weighted by Gasteiger charge is 2.24. The topological polar surface area (TPSA) is 87.4 Å². The lowest BCUT2D eigenvalue weighted by Gasteiger charge is -2.13. The quantitative estimate of drug-likeness (QED) is 0.441. The molecule has 7 nitrogen and oxygen atoms in total. The largest absolute Gasteiger partial charge is 0.467 e. The molecule has 1 aromatic heterocycles. The summed E-state index contributed by atoms with van der Waals surface area (Å²) in [6.07, 6.45) is 0.748. The fourth-order valence-corrected chi connectivity index (χ4v) is 1.28. The van der Waals surface area contributed by atoms with E-state index < -0.39 is 10.6 Å². The smallest absolute Gasteiger partial charge is 0.367 e. The van der Waals surface area contributed by atoms with Gasteiger partial charge >= 0.3 is 5.69 Å². The Kier molecular flexibility index (Phi) is 5.05. The normalized spacial score (nSPS) is 12.2. The minimum atomic E-state index is -0.676. The van der Waals surface area contributed by atoms with Crippen LogP contribution in [0.3, 0.4) is 0 Å². The first-order valence-corrected chi connectivity index (χ1v) is 5.33. The molecule has 0 amide bonds. The van der Waals surface area contributed by atoms with Crippen molar-refractivity contribution >= 4 is 17.3 Å². The lowest BCUT2D eigenvalue weighted by atomic mass is 10.4. The number of hydrogen-bond donors (Lipinski definition) is 0. The zero-order chi connectivity index (χ0) is 12.8. The van der Waals surface area contributed by atoms with E-state index in [2.05, 4.69) is 9.97 Å². The van der Waals surface area contributed by atoms with Crippen molar-refractivity contribution in [3.05, 3.63) is 21.6 Å². The molecule has 1 heterocycles. The second kappa shape index (κ2) is 6.31. The van der Waals surface area contributed by atoms with Crippen LogP contribution in [0, 0.1) is 10.1 Å². The Morgan fingerprint density at radius 2 is 2.29 bits per heavy atom. The zero-order valence-corrected chi connectivity index (χ0v) is 10.2. The number of nitrogens with zero attached hydrogens (tertiary/aromatic N) is 3. The van der Waals surface area contributed by atoms with Gasteiger partial charge < -0.3 is 9.47 Å². The van der Waals surface area contributed by atoms with E-state index in [0.717, 1.165) is 6.33 Å². The third-order valence-corrected chi connectivity index (χ3v) is 2.07. The zero-order valence-electron chi connectivity index (χ0n) is 9.42. The average molecular weight is 262 g/mol. The van der Waals surface area contributed by atoms with E-state index in [4.69, 9.17) is 21.1 Å². The monoisotopic (exact) mass is 261 g/mol. The average Bonchev–Trinajstić information content (AvgIpc) is 2.25. The molecule has 0 bridgehead atoms. The Morgan fingerprint density at radius 1 is 1.59 bits per heavy atom. The molecule has 0 N–H and O–H groups in total. The molecule has 17 heavy (non-hydrogen) atoms. The molecule has 0 fully saturated rings. The van der Waals surface area contributed by atoms with Gasteiger partial charge in [-0.15, -0.1) is 0 Å². The lowest BCUT2D eigenvalue weighted by Crippen LogP contribution is -2.20. The first-order valence-electron chi connectivity index (χ1n) is 4.95. The number of halogens is 1. The number of ether oxygens (including phenoxy) is 2. The van der Waals surface area contributed by atoms with Crippen molar-refractivity contribution in [2.75, 3.05) is 13.2 Å². The third-order valence-electron chi connectivity index (χ3n) is 1.80. The van der Waals surface area contributed by atoms with Gasteiger partial charge in [-0.05, 0) is 13.8 Å². The summed E-state index contributed by atoms with van der Waals surface area (Å²) in [4.78, 5) is 17.3. The standard InChI is InChI=1S/C9H12ClN3O4/c1-3-16-4-6(2)17-9-7(13(14)15)8(10)11-5-12-9/h5-6H,3-4H2,1-2H3. The minimum Gasteiger partial charge on any atom is -0.467 e. The van der Waals surface area contributed by atoms with Gasteiger partial charge in [-0.3, -0.25) is 10.1 Å². The van der Waals surface area contributed by atoms with Crippen LogP contribution in [-0.2, 0) is 4.74 Å². The molecule has 1 rings (SSSR count). The molecule has 0 saturated heterocycles. The molecular weight excluding hydrogens is 250 g/mol. The number of aromatic nitrogens is 2. The molecule has 0 aliphatic heterocycles. The van der Waals surface area contributed by atoms with Gasteiger partial charge in [-0.25, -0.2) is 4.98 Å². The molecule has 8 heteroatoms. The van der Waals surface area contributed by atoms with Crippen LogP contribution in [0.2, 0.25) is 5.15 Å². The van der Waals surface area contributed by atoms with E-state index >= 15 is 0 Å². The van der Waals surface area contributed by atoms with Crippen LogP contribution >= 0.6 is 11.6 Å². The van der Waals surface area contributed by atoms with Crippen LogP contribution in [-0.4, -0.2) is 34.2 Å². The summed E-state index contributed by atoms with van der Waals surface area (Å²) in [7, 11) is 0. The van der Waals surface area contributed by atoms with Gasteiger partial charge in [0, 0.05) is 6.61 Å². The number of hydrogen-bond acceptors (Lipinski definition) is 6. The number of nitro groups is 1. The van der Waals surface area contributed by atoms with Crippen LogP contribution < -0.4 is 4.74 Å². The first-order chi connectivity index (χ1) is 8.06. The Balaban J connectivity index is 2.83. The van der Waals surface area contributed by atoms with Crippen LogP contribution in [0.1, 0.15) is 13.8 Å². The predicted octanol–water partition coefficient (Wildman–Crippen LogP) is 1.84. The Bertz CT molecular complexity index is 402. The van der Waals surface area contributed by atoms with Crippen molar-refractivity contribution in [3.8, 4) is 5.88 Å². The highest BCUT2D eigenvalue weighted by atomic mass is 35.5. The predicted molar refractivity (Wildman–Crippen MR) is 60.3 cm³/mol. The maximum Gasteiger partial charge on any atom is 0.367 e. The third kappa shape index (κ3) is 3.79. The first kappa shape index (κ1) is 13.6. The van der Waals surface area contributed by atoms with E-state index in [1.54, 1.807) is 6.92 Å². The van der Waals surface area contributed by atoms with E-state index in [9.17, 15) is 10.1 Å². The molecular formula is C9H12ClN3O4. The van der Waals surface area contributed by atoms with Crippen molar-refractivity contribution in [2.45, 2.75) is 20.0 Å². The molecule has 0 radical (unpaired) electrons. The summed E-state index contributed by atoms with van der Waals surface area (Å²) in [5.74, 6) is -0.151. The van der Waals surface area contributed by atoms with E-state index in [-0.39, 0.29) is 17.1 Å². The van der Waals surface area contributed by atoms with Crippen LogP contribution in [0.4, 0.5) is 5.69 Å². The summed E-state index contributed by atoms with van der Waals surface area (Å²) >= 11 is 5.61. The van der Waals surface area contributed by atoms with E-state index in [1.165, 1.54) is 0 Å². The molecule has 0 aliphatic carbocycles. The van der Waals surface area contributed by atoms with Crippen LogP contribution in [0.5, 0.6) is 5.88 Å². The Labute approximate surface area is 103 Å². The molecule has 1 atom stereocenters. The summed E-state index contributed by atoms with van der Waals surface area (Å²) < 4.78 is 10.4. The Hall–Kier alpha value is -1.47. The fraction of sp³-hybridized carbons (Fsp3) is 0.556. The van der Waals surface area contributed by atoms with Gasteiger partial charge in [0.05, 0.1) is 11.5 Å². The minimum absolute atomic E-state index is 0.151. The van der Waals surface area contributed by atoms with Crippen molar-refractivity contribution in [3.63, 3.8) is 0 Å². The second-order valence-electron chi connectivity index (χ2n) is 3.16. The fourth-order valence-electron chi connectivity index (χ4n) is 1.09. The molecule has 1 unspecified atom stereocenters. The summed E-state index contributed by atoms with van der Waals surface area (Å²) in [5, 5.41) is 10.5. The molecule has 0 spiro atoms. The lowest BCUT2D eigenvalue weighted by molar-refractivity contribution is -0.386. The van der Waals surface area contributed by atoms with Gasteiger partial charge in [0.2, 0.25) is 5.15 Å². The van der Waals surface area contributed by atoms with Crippen LogP contribution in [0.25, 0.3) is 0 Å². The highest BCUT2D eigenvalue weighted by Crippen LogP contribution is 2.30. The SMILES string of the molecule is CCOCC(C)Oc1ncnc(Cl)c1[N+](=O)[O-]. The second-order valence-corrected chi connectivity index (χ2v) is 3.52. The van der Waals surface area contributed by atoms with Crippen molar-refractivity contribution in [2.24, 2.45) is 0 Å². The maximum atomic E-state index is 10.8. The van der Waals surface area contributed by atoms with Crippen molar-refractivity contribution < 1.29 is 14.4 Å². The van der Waals surface area contributed by atoms with E-state index in [1.807, 2.05) is 6.92 Å². The number of rotatable bonds is 6. The summed E-state index contributed by atoms with van der Waals surface area (Å²) in [5.41, 5.74) is -0.433.